The molecular formula is C19H10O6. The molecule has 6 nitrogen and oxygen atoms in total. The van der Waals surface area contributed by atoms with Crippen LogP contribution in [0.2, 0.25) is 0 Å². The molecule has 0 aromatic heterocycles. The first-order valence-electron chi connectivity index (χ1n) is 7.34. The van der Waals surface area contributed by atoms with Crippen molar-refractivity contribution < 1.29 is 29.7 Å². The van der Waals surface area contributed by atoms with Crippen LogP contribution in [-0.4, -0.2) is 33.2 Å². The van der Waals surface area contributed by atoms with E-state index in [4.69, 9.17) is 0 Å². The van der Waals surface area contributed by atoms with Gasteiger partial charge in [-0.25, -0.2) is 14.4 Å². The van der Waals surface area contributed by atoms with Gasteiger partial charge in [-0.2, -0.15) is 0 Å². The van der Waals surface area contributed by atoms with Gasteiger partial charge in [-0.1, -0.05) is 24.3 Å². The third-order valence-electron chi connectivity index (χ3n) is 4.47. The molecule has 0 atom stereocenters. The molecule has 0 saturated carbocycles. The first kappa shape index (κ1) is 14.9. The largest absolute Gasteiger partial charge is 0.478 e. The van der Waals surface area contributed by atoms with Gasteiger partial charge in [0.25, 0.3) is 0 Å². The number of carboxylic acid groups (broad SMARTS) is 3. The zero-order valence-electron chi connectivity index (χ0n) is 12.6. The van der Waals surface area contributed by atoms with Crippen molar-refractivity contribution in [1.29, 1.82) is 0 Å². The van der Waals surface area contributed by atoms with Crippen molar-refractivity contribution in [2.45, 2.75) is 0 Å². The Bertz CT molecular complexity index is 1170. The molecule has 0 unspecified atom stereocenters. The maximum absolute atomic E-state index is 11.7. The summed E-state index contributed by atoms with van der Waals surface area (Å²) in [7, 11) is 0. The van der Waals surface area contributed by atoms with Gasteiger partial charge >= 0.3 is 17.9 Å². The fraction of sp³-hybridized carbons (Fsp3) is 0. The van der Waals surface area contributed by atoms with Gasteiger partial charge in [0.1, 0.15) is 0 Å². The Morgan fingerprint density at radius 1 is 0.640 bits per heavy atom. The SMILES string of the molecule is O=C(O)c1cc(C(=O)O)c2cc3c(C(=O)O)cccc3c3c2c1C=C3. The number of rotatable bonds is 3. The number of carboxylic acids is 3. The Hall–Kier alpha value is -3.67. The Morgan fingerprint density at radius 3 is 1.92 bits per heavy atom. The Labute approximate surface area is 140 Å². The van der Waals surface area contributed by atoms with Gasteiger partial charge in [0.15, 0.2) is 0 Å². The van der Waals surface area contributed by atoms with E-state index in [0.29, 0.717) is 32.7 Å². The molecule has 3 N–H and O–H groups in total. The van der Waals surface area contributed by atoms with Crippen LogP contribution in [0.3, 0.4) is 0 Å². The second-order valence-corrected chi connectivity index (χ2v) is 5.75. The van der Waals surface area contributed by atoms with E-state index in [0.717, 1.165) is 6.07 Å². The summed E-state index contributed by atoms with van der Waals surface area (Å²) in [5.41, 5.74) is 0.884. The van der Waals surface area contributed by atoms with Gasteiger partial charge < -0.3 is 15.3 Å². The van der Waals surface area contributed by atoms with E-state index in [1.54, 1.807) is 24.3 Å². The molecule has 4 rings (SSSR count). The summed E-state index contributed by atoms with van der Waals surface area (Å²) < 4.78 is 0. The van der Waals surface area contributed by atoms with Crippen molar-refractivity contribution in [3.05, 3.63) is 58.1 Å². The highest BCUT2D eigenvalue weighted by Crippen LogP contribution is 2.41. The Morgan fingerprint density at radius 2 is 1.28 bits per heavy atom. The lowest BCUT2D eigenvalue weighted by atomic mass is 9.90. The average Bonchev–Trinajstić information content (AvgIpc) is 3.00. The summed E-state index contributed by atoms with van der Waals surface area (Å²) in [5, 5.41) is 30.2. The molecule has 0 spiro atoms. The van der Waals surface area contributed by atoms with Gasteiger partial charge in [-0.3, -0.25) is 0 Å². The maximum atomic E-state index is 11.7. The molecule has 0 heterocycles. The highest BCUT2D eigenvalue weighted by Gasteiger charge is 2.25. The molecule has 3 aromatic rings. The molecule has 1 aliphatic carbocycles. The summed E-state index contributed by atoms with van der Waals surface area (Å²) in [6.07, 6.45) is 3.32. The van der Waals surface area contributed by atoms with Gasteiger partial charge in [0, 0.05) is 0 Å². The number of hydrogen-bond donors (Lipinski definition) is 3. The Balaban J connectivity index is 2.29. The molecule has 0 aliphatic heterocycles. The lowest BCUT2D eigenvalue weighted by molar-refractivity contribution is 0.0684. The summed E-state index contributed by atoms with van der Waals surface area (Å²) in [6.45, 7) is 0. The molecule has 0 radical (unpaired) electrons. The van der Waals surface area contributed by atoms with Crippen LogP contribution in [0.1, 0.15) is 42.2 Å². The highest BCUT2D eigenvalue weighted by atomic mass is 16.4. The van der Waals surface area contributed by atoms with Crippen molar-refractivity contribution in [2.75, 3.05) is 0 Å². The number of benzene rings is 3. The predicted molar refractivity (Wildman–Crippen MR) is 91.3 cm³/mol. The maximum Gasteiger partial charge on any atom is 0.336 e. The van der Waals surface area contributed by atoms with E-state index >= 15 is 0 Å². The molecule has 0 bridgehead atoms. The summed E-state index contributed by atoms with van der Waals surface area (Å²) >= 11 is 0. The van der Waals surface area contributed by atoms with Crippen molar-refractivity contribution in [1.82, 2.24) is 0 Å². The monoisotopic (exact) mass is 334 g/mol. The van der Waals surface area contributed by atoms with Crippen LogP contribution in [0.4, 0.5) is 0 Å². The lowest BCUT2D eigenvalue weighted by Gasteiger charge is -2.13. The second-order valence-electron chi connectivity index (χ2n) is 5.75. The molecule has 3 aromatic carbocycles. The molecule has 25 heavy (non-hydrogen) atoms. The smallest absolute Gasteiger partial charge is 0.336 e. The van der Waals surface area contributed by atoms with E-state index in [9.17, 15) is 29.7 Å². The minimum atomic E-state index is -1.26. The fourth-order valence-corrected chi connectivity index (χ4v) is 3.44. The van der Waals surface area contributed by atoms with E-state index < -0.39 is 17.9 Å². The highest BCUT2D eigenvalue weighted by molar-refractivity contribution is 6.23. The average molecular weight is 334 g/mol. The summed E-state index contributed by atoms with van der Waals surface area (Å²) in [6, 6.07) is 7.44. The normalized spacial score (nSPS) is 12.0. The van der Waals surface area contributed by atoms with Gasteiger partial charge in [-0.15, -0.1) is 0 Å². The first-order chi connectivity index (χ1) is 11.9. The van der Waals surface area contributed by atoms with E-state index in [1.165, 1.54) is 12.1 Å². The number of carbonyl (C=O) groups is 3. The van der Waals surface area contributed by atoms with Gasteiger partial charge in [0.2, 0.25) is 0 Å². The number of hydrogen-bond acceptors (Lipinski definition) is 3. The zero-order chi connectivity index (χ0) is 17.9. The van der Waals surface area contributed by atoms with Crippen LogP contribution >= 0.6 is 0 Å². The lowest BCUT2D eigenvalue weighted by Crippen LogP contribution is -2.06. The van der Waals surface area contributed by atoms with Crippen LogP contribution in [0, 0.1) is 0 Å². The van der Waals surface area contributed by atoms with Gasteiger partial charge in [0.05, 0.1) is 16.7 Å². The standard InChI is InChI=1S/C19H10O6/c20-17(21)11-3-1-2-8-9-4-5-10-14(18(22)23)7-15(19(24)25)13(16(9)10)6-12(8)11/h1-7H,(H,20,21)(H,22,23)(H,24,25). The predicted octanol–water partition coefficient (Wildman–Crippen LogP) is 3.57. The first-order valence-corrected chi connectivity index (χ1v) is 7.34. The second kappa shape index (κ2) is 4.91. The van der Waals surface area contributed by atoms with Gasteiger partial charge in [-0.05, 0) is 50.9 Å². The van der Waals surface area contributed by atoms with Crippen LogP contribution in [-0.2, 0) is 0 Å². The minimum Gasteiger partial charge on any atom is -0.478 e. The minimum absolute atomic E-state index is 0.0659. The van der Waals surface area contributed by atoms with Crippen LogP contribution in [0.25, 0.3) is 33.7 Å². The van der Waals surface area contributed by atoms with Crippen molar-refractivity contribution in [2.24, 2.45) is 0 Å². The summed E-state index contributed by atoms with van der Waals surface area (Å²) in [5.74, 6) is -3.59. The molecular weight excluding hydrogens is 324 g/mol. The number of aromatic carboxylic acids is 3. The quantitative estimate of drug-likeness (QED) is 0.494. The number of fused-ring (bicyclic) bond motifs is 2. The molecule has 0 saturated heterocycles. The Kier molecular flexibility index (Phi) is 2.93. The molecule has 122 valence electrons. The third-order valence-corrected chi connectivity index (χ3v) is 4.47. The van der Waals surface area contributed by atoms with Crippen molar-refractivity contribution in [3.8, 4) is 0 Å². The van der Waals surface area contributed by atoms with E-state index in [-0.39, 0.29) is 16.7 Å². The molecule has 1 aliphatic rings. The third kappa shape index (κ3) is 1.94. The molecule has 0 fully saturated rings. The van der Waals surface area contributed by atoms with Crippen LogP contribution in [0.5, 0.6) is 0 Å². The van der Waals surface area contributed by atoms with Crippen LogP contribution < -0.4 is 0 Å². The molecule has 0 amide bonds. The summed E-state index contributed by atoms with van der Waals surface area (Å²) in [4.78, 5) is 34.7. The van der Waals surface area contributed by atoms with E-state index in [2.05, 4.69) is 0 Å². The van der Waals surface area contributed by atoms with Crippen molar-refractivity contribution >= 4 is 51.6 Å². The van der Waals surface area contributed by atoms with Crippen molar-refractivity contribution in [3.63, 3.8) is 0 Å². The fourth-order valence-electron chi connectivity index (χ4n) is 3.44. The molecule has 6 heteroatoms. The van der Waals surface area contributed by atoms with Crippen LogP contribution in [0.15, 0.2) is 30.3 Å². The zero-order valence-corrected chi connectivity index (χ0v) is 12.6. The van der Waals surface area contributed by atoms with E-state index in [1.807, 2.05) is 0 Å². The topological polar surface area (TPSA) is 112 Å².